The number of nitrogens with one attached hydrogen (secondary N) is 1. The third-order valence-electron chi connectivity index (χ3n) is 5.91. The van der Waals surface area contributed by atoms with Crippen molar-refractivity contribution in [2.45, 2.75) is 50.8 Å². The highest BCUT2D eigenvalue weighted by Gasteiger charge is 2.32. The largest absolute Gasteiger partial charge is 0.573 e. The van der Waals surface area contributed by atoms with Gasteiger partial charge in [-0.15, -0.1) is 13.2 Å². The molecule has 7 heteroatoms. The summed E-state index contributed by atoms with van der Waals surface area (Å²) in [6.45, 7) is 1.74. The van der Waals surface area contributed by atoms with Crippen LogP contribution in [0.2, 0.25) is 0 Å². The molecule has 0 radical (unpaired) electrons. The van der Waals surface area contributed by atoms with Crippen LogP contribution >= 0.6 is 0 Å². The standard InChI is InChI=1S/C24H21F3N2O2/c1-23(14-28,13-15-5-4-6-17(11-15)31-24(25,26)27)16-9-10-19-18-7-2-3-8-20(18)22(30)29-21(19)12-16/h4-6,9-12H,2-3,7-8,13H2,1H3,(H,29,30). The van der Waals surface area contributed by atoms with Crippen LogP contribution in [-0.4, -0.2) is 11.3 Å². The van der Waals surface area contributed by atoms with E-state index in [1.807, 2.05) is 18.2 Å². The van der Waals surface area contributed by atoms with E-state index in [2.05, 4.69) is 15.8 Å². The Morgan fingerprint density at radius 2 is 1.84 bits per heavy atom. The first-order valence-corrected chi connectivity index (χ1v) is 10.1. The second kappa shape index (κ2) is 7.77. The Labute approximate surface area is 177 Å². The van der Waals surface area contributed by atoms with Gasteiger partial charge >= 0.3 is 6.36 Å². The van der Waals surface area contributed by atoms with Crippen molar-refractivity contribution < 1.29 is 17.9 Å². The third kappa shape index (κ3) is 4.29. The molecule has 1 heterocycles. The topological polar surface area (TPSA) is 65.9 Å². The number of nitrogens with zero attached hydrogens (tertiary/aromatic N) is 1. The van der Waals surface area contributed by atoms with E-state index in [9.17, 15) is 23.2 Å². The molecule has 0 fully saturated rings. The molecule has 31 heavy (non-hydrogen) atoms. The predicted octanol–water partition coefficient (Wildman–Crippen LogP) is 5.33. The summed E-state index contributed by atoms with van der Waals surface area (Å²) >= 11 is 0. The van der Waals surface area contributed by atoms with E-state index in [0.29, 0.717) is 16.6 Å². The summed E-state index contributed by atoms with van der Waals surface area (Å²) in [6.07, 6.45) is -0.909. The number of alkyl halides is 3. The Morgan fingerprint density at radius 3 is 2.55 bits per heavy atom. The molecular weight excluding hydrogens is 405 g/mol. The zero-order valence-corrected chi connectivity index (χ0v) is 17.0. The van der Waals surface area contributed by atoms with Crippen molar-refractivity contribution in [1.29, 1.82) is 5.26 Å². The van der Waals surface area contributed by atoms with E-state index in [1.165, 1.54) is 18.2 Å². The second-order valence-electron chi connectivity index (χ2n) is 8.19. The number of rotatable bonds is 4. The van der Waals surface area contributed by atoms with E-state index in [1.54, 1.807) is 13.0 Å². The van der Waals surface area contributed by atoms with Crippen LogP contribution in [0, 0.1) is 11.3 Å². The highest BCUT2D eigenvalue weighted by molar-refractivity contribution is 5.84. The van der Waals surface area contributed by atoms with Crippen LogP contribution in [-0.2, 0) is 24.7 Å². The summed E-state index contributed by atoms with van der Waals surface area (Å²) in [5, 5.41) is 10.9. The fourth-order valence-corrected chi connectivity index (χ4v) is 4.37. The monoisotopic (exact) mass is 426 g/mol. The molecule has 0 saturated carbocycles. The van der Waals surface area contributed by atoms with Crippen LogP contribution < -0.4 is 10.3 Å². The summed E-state index contributed by atoms with van der Waals surface area (Å²) < 4.78 is 41.6. The lowest BCUT2D eigenvalue weighted by Gasteiger charge is -2.24. The Balaban J connectivity index is 1.71. The molecule has 1 atom stereocenters. The number of pyridine rings is 1. The first-order chi connectivity index (χ1) is 14.7. The molecule has 1 aliphatic carbocycles. The van der Waals surface area contributed by atoms with Crippen molar-refractivity contribution in [3.8, 4) is 11.8 Å². The molecule has 4 rings (SSSR count). The minimum Gasteiger partial charge on any atom is -0.406 e. The van der Waals surface area contributed by atoms with E-state index in [-0.39, 0.29) is 17.7 Å². The van der Waals surface area contributed by atoms with Crippen molar-refractivity contribution in [3.05, 3.63) is 75.1 Å². The fraction of sp³-hybridized carbons (Fsp3) is 0.333. The van der Waals surface area contributed by atoms with E-state index in [0.717, 1.165) is 42.2 Å². The molecule has 0 amide bonds. The number of hydrogen-bond donors (Lipinski definition) is 1. The van der Waals surface area contributed by atoms with Gasteiger partial charge in [-0.05, 0) is 73.9 Å². The van der Waals surface area contributed by atoms with Gasteiger partial charge in [-0.3, -0.25) is 4.79 Å². The van der Waals surface area contributed by atoms with E-state index in [4.69, 9.17) is 0 Å². The molecule has 4 nitrogen and oxygen atoms in total. The summed E-state index contributed by atoms with van der Waals surface area (Å²) in [5.41, 5.74) is 2.75. The summed E-state index contributed by atoms with van der Waals surface area (Å²) in [5.74, 6) is -0.320. The average Bonchev–Trinajstić information content (AvgIpc) is 2.72. The van der Waals surface area contributed by atoms with Crippen molar-refractivity contribution in [2.75, 3.05) is 0 Å². The van der Waals surface area contributed by atoms with Gasteiger partial charge in [0.1, 0.15) is 5.75 Å². The number of aryl methyl sites for hydroxylation is 1. The third-order valence-corrected chi connectivity index (χ3v) is 5.91. The van der Waals surface area contributed by atoms with Crippen molar-refractivity contribution in [3.63, 3.8) is 0 Å². The predicted molar refractivity (Wildman–Crippen MR) is 111 cm³/mol. The lowest BCUT2D eigenvalue weighted by Crippen LogP contribution is -2.24. The van der Waals surface area contributed by atoms with Crippen LogP contribution in [0.5, 0.6) is 5.75 Å². The molecule has 1 N–H and O–H groups in total. The fourth-order valence-electron chi connectivity index (χ4n) is 4.37. The number of benzene rings is 2. The molecule has 0 aliphatic heterocycles. The van der Waals surface area contributed by atoms with Gasteiger partial charge in [0.05, 0.1) is 11.5 Å². The SMILES string of the molecule is CC(C#N)(Cc1cccc(OC(F)(F)F)c1)c1ccc2c3c(c(=O)[nH]c2c1)CCCC3. The Kier molecular flexibility index (Phi) is 5.26. The number of hydrogen-bond acceptors (Lipinski definition) is 3. The number of fused-ring (bicyclic) bond motifs is 3. The van der Waals surface area contributed by atoms with Gasteiger partial charge in [0.25, 0.3) is 5.56 Å². The molecule has 2 aromatic carbocycles. The van der Waals surface area contributed by atoms with Gasteiger partial charge in [0.15, 0.2) is 0 Å². The zero-order valence-electron chi connectivity index (χ0n) is 17.0. The number of H-pyrrole nitrogens is 1. The smallest absolute Gasteiger partial charge is 0.406 e. The van der Waals surface area contributed by atoms with E-state index >= 15 is 0 Å². The molecule has 160 valence electrons. The lowest BCUT2D eigenvalue weighted by molar-refractivity contribution is -0.274. The molecule has 0 spiro atoms. The Bertz CT molecular complexity index is 1240. The van der Waals surface area contributed by atoms with Crippen molar-refractivity contribution in [2.24, 2.45) is 0 Å². The highest BCUT2D eigenvalue weighted by Crippen LogP contribution is 2.33. The van der Waals surface area contributed by atoms with Crippen LogP contribution in [0.1, 0.15) is 42.0 Å². The number of aromatic nitrogens is 1. The van der Waals surface area contributed by atoms with Crippen molar-refractivity contribution >= 4 is 10.9 Å². The number of halogens is 3. The second-order valence-corrected chi connectivity index (χ2v) is 8.19. The highest BCUT2D eigenvalue weighted by atomic mass is 19.4. The van der Waals surface area contributed by atoms with Gasteiger partial charge in [-0.2, -0.15) is 5.26 Å². The molecule has 0 bridgehead atoms. The van der Waals surface area contributed by atoms with Crippen LogP contribution in [0.3, 0.4) is 0 Å². The van der Waals surface area contributed by atoms with Gasteiger partial charge in [0, 0.05) is 16.5 Å². The van der Waals surface area contributed by atoms with Crippen LogP contribution in [0.25, 0.3) is 10.9 Å². The van der Waals surface area contributed by atoms with Crippen LogP contribution in [0.15, 0.2) is 47.3 Å². The molecule has 1 aromatic heterocycles. The quantitative estimate of drug-likeness (QED) is 0.613. The maximum atomic E-state index is 12.5. The van der Waals surface area contributed by atoms with Gasteiger partial charge in [0.2, 0.25) is 0 Å². The average molecular weight is 426 g/mol. The minimum absolute atomic E-state index is 0.0880. The summed E-state index contributed by atoms with van der Waals surface area (Å²) in [4.78, 5) is 15.5. The van der Waals surface area contributed by atoms with E-state index < -0.39 is 11.8 Å². The van der Waals surface area contributed by atoms with Gasteiger partial charge in [-0.1, -0.05) is 24.3 Å². The lowest BCUT2D eigenvalue weighted by atomic mass is 9.78. The van der Waals surface area contributed by atoms with Crippen LogP contribution in [0.4, 0.5) is 13.2 Å². The zero-order chi connectivity index (χ0) is 22.2. The Hall–Kier alpha value is -3.27. The minimum atomic E-state index is -4.78. The number of aromatic amines is 1. The summed E-state index contributed by atoms with van der Waals surface area (Å²) in [7, 11) is 0. The molecule has 1 unspecified atom stereocenters. The molecule has 0 saturated heterocycles. The first-order valence-electron chi connectivity index (χ1n) is 10.1. The van der Waals surface area contributed by atoms with Crippen molar-refractivity contribution in [1.82, 2.24) is 4.98 Å². The number of ether oxygens (including phenoxy) is 1. The first kappa shape index (κ1) is 21.0. The molecule has 1 aliphatic rings. The van der Waals surface area contributed by atoms with Gasteiger partial charge < -0.3 is 9.72 Å². The molecular formula is C24H21F3N2O2. The Morgan fingerprint density at radius 1 is 1.10 bits per heavy atom. The molecule has 3 aromatic rings. The summed E-state index contributed by atoms with van der Waals surface area (Å²) in [6, 6.07) is 13.6. The van der Waals surface area contributed by atoms with Gasteiger partial charge in [-0.25, -0.2) is 0 Å². The maximum absolute atomic E-state index is 12.5. The number of nitriles is 1. The normalized spacial score (nSPS) is 15.7. The maximum Gasteiger partial charge on any atom is 0.573 e.